The molecule has 0 aliphatic carbocycles. The number of hydrogen-bond donors (Lipinski definition) is 6. The quantitative estimate of drug-likeness (QED) is 0.0261. The number of carbonyl (C=O) groups is 1. The number of carbonyl (C=O) groups excluding carboxylic acids is 1. The second-order valence-electron chi connectivity index (χ2n) is 27.8. The van der Waals surface area contributed by atoms with Gasteiger partial charge >= 0.3 is 0 Å². The van der Waals surface area contributed by atoms with Gasteiger partial charge in [0.25, 0.3) is 0 Å². The van der Waals surface area contributed by atoms with Gasteiger partial charge in [0.05, 0.1) is 25.4 Å². The van der Waals surface area contributed by atoms with E-state index in [-0.39, 0.29) is 12.5 Å². The smallest absolute Gasteiger partial charge is 0.220 e. The van der Waals surface area contributed by atoms with E-state index in [1.165, 1.54) is 315 Å². The third kappa shape index (κ3) is 58.9. The fraction of sp³-hybridized carbons (Fsp3) is 0.866. The molecular weight excluding hydrogens is 1130 g/mol. The lowest BCUT2D eigenvalue weighted by atomic mass is 9.99. The average molecular weight is 1280 g/mol. The molecule has 0 aromatic carbocycles. The van der Waals surface area contributed by atoms with Crippen LogP contribution >= 0.6 is 0 Å². The zero-order valence-corrected chi connectivity index (χ0v) is 60.1. The largest absolute Gasteiger partial charge is 0.394 e. The number of aliphatic hydroxyl groups excluding tert-OH is 5. The minimum atomic E-state index is -1.57. The van der Waals surface area contributed by atoms with Crippen LogP contribution in [-0.4, -0.2) is 87.5 Å². The monoisotopic (exact) mass is 1280 g/mol. The third-order valence-electron chi connectivity index (χ3n) is 19.1. The molecule has 1 fully saturated rings. The molecule has 0 spiro atoms. The van der Waals surface area contributed by atoms with E-state index < -0.39 is 49.5 Å². The zero-order valence-electron chi connectivity index (χ0n) is 60.1. The topological polar surface area (TPSA) is 149 Å². The maximum absolute atomic E-state index is 13.2. The molecule has 7 atom stereocenters. The van der Waals surface area contributed by atoms with Crippen LogP contribution in [-0.2, 0) is 14.3 Å². The van der Waals surface area contributed by atoms with Crippen molar-refractivity contribution >= 4 is 5.91 Å². The highest BCUT2D eigenvalue weighted by molar-refractivity contribution is 5.76. The number of allylic oxidation sites excluding steroid dienone is 9. The number of unbranched alkanes of at least 4 members (excludes halogenated alkanes) is 53. The minimum absolute atomic E-state index is 0.169. The Labute approximate surface area is 564 Å². The Hall–Kier alpha value is -2.11. The van der Waals surface area contributed by atoms with Gasteiger partial charge in [0.15, 0.2) is 6.29 Å². The van der Waals surface area contributed by atoms with Crippen LogP contribution in [0.5, 0.6) is 0 Å². The first kappa shape index (κ1) is 86.9. The molecule has 91 heavy (non-hydrogen) atoms. The Balaban J connectivity index is 2.06. The van der Waals surface area contributed by atoms with E-state index in [1.807, 2.05) is 6.08 Å². The van der Waals surface area contributed by atoms with Crippen LogP contribution in [0.1, 0.15) is 399 Å². The van der Waals surface area contributed by atoms with Crippen molar-refractivity contribution in [3.8, 4) is 0 Å². The summed E-state index contributed by atoms with van der Waals surface area (Å²) in [5, 5.41) is 54.9. The van der Waals surface area contributed by atoms with Gasteiger partial charge in [0.1, 0.15) is 24.4 Å². The van der Waals surface area contributed by atoms with Crippen LogP contribution < -0.4 is 5.32 Å². The molecular formula is C82H153NO8. The Morgan fingerprint density at radius 3 is 1.01 bits per heavy atom. The maximum Gasteiger partial charge on any atom is 0.220 e. The number of hydrogen-bond acceptors (Lipinski definition) is 8. The number of nitrogens with one attached hydrogen (secondary N) is 1. The van der Waals surface area contributed by atoms with E-state index in [1.54, 1.807) is 6.08 Å². The summed E-state index contributed by atoms with van der Waals surface area (Å²) >= 11 is 0. The van der Waals surface area contributed by atoms with Crippen LogP contribution in [0.3, 0.4) is 0 Å². The molecule has 9 nitrogen and oxygen atoms in total. The molecule has 0 saturated carbocycles. The summed E-state index contributed by atoms with van der Waals surface area (Å²) in [6.45, 7) is 3.73. The molecule has 0 aromatic heterocycles. The number of rotatable bonds is 71. The van der Waals surface area contributed by atoms with Crippen LogP contribution in [0.15, 0.2) is 60.8 Å². The van der Waals surface area contributed by atoms with Crippen molar-refractivity contribution in [1.29, 1.82) is 0 Å². The first-order chi connectivity index (χ1) is 44.8. The summed E-state index contributed by atoms with van der Waals surface area (Å²) in [4.78, 5) is 13.2. The van der Waals surface area contributed by atoms with Gasteiger partial charge in [-0.3, -0.25) is 4.79 Å². The third-order valence-corrected chi connectivity index (χ3v) is 19.1. The molecule has 1 aliphatic heterocycles. The van der Waals surface area contributed by atoms with Gasteiger partial charge < -0.3 is 40.3 Å². The lowest BCUT2D eigenvalue weighted by Crippen LogP contribution is -2.60. The predicted molar refractivity (Wildman–Crippen MR) is 392 cm³/mol. The van der Waals surface area contributed by atoms with E-state index in [4.69, 9.17) is 9.47 Å². The number of aliphatic hydroxyl groups is 5. The molecule has 534 valence electrons. The van der Waals surface area contributed by atoms with Gasteiger partial charge in [-0.05, 0) is 57.8 Å². The zero-order chi connectivity index (χ0) is 65.7. The molecule has 9 heteroatoms. The van der Waals surface area contributed by atoms with Gasteiger partial charge in [0.2, 0.25) is 5.91 Å². The van der Waals surface area contributed by atoms with E-state index in [0.29, 0.717) is 6.42 Å². The SMILES string of the molecule is CC/C=C\C/C=C\C/C=C\C/C=C\CCCCCCCCCCCCCCCCCCCCCCCCC(=O)NC(COC1OC(CO)C(O)C(O)C1O)C(O)/C=C/CCCCCCCCCCCCCCCCCCCCCCCCCCCCCCCCC. The second-order valence-corrected chi connectivity index (χ2v) is 27.8. The van der Waals surface area contributed by atoms with E-state index >= 15 is 0 Å². The standard InChI is InChI=1S/C82H153NO8/c1-3-5-7-9-11-13-15-17-19-21-23-25-27-29-31-33-35-37-38-40-42-44-46-48-50-52-54-56-58-60-62-64-66-68-70-72-78(86)83-75(74-90-82-81(89)80(88)79(87)77(73-84)91-82)76(85)71-69-67-65-63-61-59-57-55-53-51-49-47-45-43-41-39-36-34-32-30-28-26-24-22-20-18-16-14-12-10-8-6-4-2/h5,7,11,13,17,19,23,25,69,71,75-77,79-82,84-85,87-89H,3-4,6,8-10,12,14-16,18,20-22,24,26-68,70,72-74H2,1-2H3,(H,83,86)/b7-5-,13-11-,19-17-,25-23-,71-69+. The molecule has 1 heterocycles. The molecule has 0 bridgehead atoms. The summed E-state index contributed by atoms with van der Waals surface area (Å²) < 4.78 is 11.4. The number of ether oxygens (including phenoxy) is 2. The Morgan fingerprint density at radius 2 is 0.681 bits per heavy atom. The van der Waals surface area contributed by atoms with Crippen molar-refractivity contribution < 1.29 is 39.8 Å². The maximum atomic E-state index is 13.2. The molecule has 0 aromatic rings. The van der Waals surface area contributed by atoms with Crippen molar-refractivity contribution in [2.75, 3.05) is 13.2 Å². The van der Waals surface area contributed by atoms with Crippen LogP contribution in [0, 0.1) is 0 Å². The van der Waals surface area contributed by atoms with Crippen molar-refractivity contribution in [3.05, 3.63) is 60.8 Å². The molecule has 1 saturated heterocycles. The van der Waals surface area contributed by atoms with Crippen molar-refractivity contribution in [1.82, 2.24) is 5.32 Å². The van der Waals surface area contributed by atoms with Crippen molar-refractivity contribution in [3.63, 3.8) is 0 Å². The summed E-state index contributed by atoms with van der Waals surface area (Å²) in [5.41, 5.74) is 0. The van der Waals surface area contributed by atoms with E-state index in [2.05, 4.69) is 67.8 Å². The molecule has 0 radical (unpaired) electrons. The molecule has 1 amide bonds. The normalized spacial score (nSPS) is 18.0. The average Bonchev–Trinajstić information content (AvgIpc) is 1.58. The van der Waals surface area contributed by atoms with Gasteiger partial charge in [-0.1, -0.05) is 396 Å². The predicted octanol–water partition coefficient (Wildman–Crippen LogP) is 22.9. The Kier molecular flexibility index (Phi) is 67.5. The fourth-order valence-corrected chi connectivity index (χ4v) is 12.9. The highest BCUT2D eigenvalue weighted by Crippen LogP contribution is 2.24. The van der Waals surface area contributed by atoms with Crippen LogP contribution in [0.4, 0.5) is 0 Å². The Bertz CT molecular complexity index is 1630. The Morgan fingerprint density at radius 1 is 0.385 bits per heavy atom. The minimum Gasteiger partial charge on any atom is -0.394 e. The molecule has 7 unspecified atom stereocenters. The number of amides is 1. The molecule has 1 aliphatic rings. The van der Waals surface area contributed by atoms with Crippen LogP contribution in [0.25, 0.3) is 0 Å². The van der Waals surface area contributed by atoms with Crippen LogP contribution in [0.2, 0.25) is 0 Å². The van der Waals surface area contributed by atoms with Gasteiger partial charge in [0, 0.05) is 6.42 Å². The van der Waals surface area contributed by atoms with Crippen molar-refractivity contribution in [2.24, 2.45) is 0 Å². The first-order valence-corrected chi connectivity index (χ1v) is 40.0. The first-order valence-electron chi connectivity index (χ1n) is 40.0. The van der Waals surface area contributed by atoms with E-state index in [0.717, 1.165) is 64.2 Å². The summed E-state index contributed by atoms with van der Waals surface area (Å²) in [5.74, 6) is -0.169. The molecule has 1 rings (SSSR count). The lowest BCUT2D eigenvalue weighted by Gasteiger charge is -2.40. The van der Waals surface area contributed by atoms with Gasteiger partial charge in [-0.2, -0.15) is 0 Å². The summed E-state index contributed by atoms with van der Waals surface area (Å²) in [7, 11) is 0. The lowest BCUT2D eigenvalue weighted by molar-refractivity contribution is -0.302. The second kappa shape index (κ2) is 70.7. The van der Waals surface area contributed by atoms with E-state index in [9.17, 15) is 30.3 Å². The summed E-state index contributed by atoms with van der Waals surface area (Å²) in [6, 6.07) is -0.807. The summed E-state index contributed by atoms with van der Waals surface area (Å²) in [6.07, 6.45) is 92.3. The highest BCUT2D eigenvalue weighted by Gasteiger charge is 2.44. The van der Waals surface area contributed by atoms with Gasteiger partial charge in [-0.15, -0.1) is 0 Å². The fourth-order valence-electron chi connectivity index (χ4n) is 12.9. The van der Waals surface area contributed by atoms with Crippen molar-refractivity contribution in [2.45, 2.75) is 442 Å². The molecule has 6 N–H and O–H groups in total. The highest BCUT2D eigenvalue weighted by atomic mass is 16.7. The van der Waals surface area contributed by atoms with Gasteiger partial charge in [-0.25, -0.2) is 0 Å².